The van der Waals surface area contributed by atoms with E-state index in [1.54, 1.807) is 22.4 Å². The van der Waals surface area contributed by atoms with Crippen molar-refractivity contribution in [3.63, 3.8) is 0 Å². The Bertz CT molecular complexity index is 497. The molecule has 1 aliphatic heterocycles. The van der Waals surface area contributed by atoms with Crippen molar-refractivity contribution in [2.45, 2.75) is 57.9 Å². The SMILES string of the molecule is CC(C)c1ccc(N2CCC(N(C)C)CC2)c2c1CCC2. The number of benzene rings is 1. The zero-order chi connectivity index (χ0) is 15.0. The van der Waals surface area contributed by atoms with Crippen LogP contribution < -0.4 is 4.90 Å². The van der Waals surface area contributed by atoms with Gasteiger partial charge < -0.3 is 9.80 Å². The minimum absolute atomic E-state index is 0.658. The zero-order valence-corrected chi connectivity index (χ0v) is 14.2. The number of nitrogens with zero attached hydrogens (tertiary/aromatic N) is 2. The van der Waals surface area contributed by atoms with Crippen molar-refractivity contribution >= 4 is 5.69 Å². The highest BCUT2D eigenvalue weighted by Gasteiger charge is 2.26. The number of anilines is 1. The molecule has 0 unspecified atom stereocenters. The molecule has 1 aromatic carbocycles. The predicted octanol–water partition coefficient (Wildman–Crippen LogP) is 3.83. The molecule has 0 bridgehead atoms. The van der Waals surface area contributed by atoms with E-state index >= 15 is 0 Å². The lowest BCUT2D eigenvalue weighted by atomic mass is 9.92. The Morgan fingerprint density at radius 2 is 1.71 bits per heavy atom. The standard InChI is InChI=1S/C19H30N2/c1-14(2)16-8-9-19(18-7-5-6-17(16)18)21-12-10-15(11-13-21)20(3)4/h8-9,14-15H,5-7,10-13H2,1-4H3. The highest BCUT2D eigenvalue weighted by atomic mass is 15.2. The molecule has 0 N–H and O–H groups in total. The van der Waals surface area contributed by atoms with Gasteiger partial charge in [0.15, 0.2) is 0 Å². The Kier molecular flexibility index (Phi) is 4.26. The van der Waals surface area contributed by atoms with Crippen molar-refractivity contribution in [2.75, 3.05) is 32.1 Å². The Balaban J connectivity index is 1.83. The third-order valence-electron chi connectivity index (χ3n) is 5.45. The first kappa shape index (κ1) is 14.9. The van der Waals surface area contributed by atoms with Crippen molar-refractivity contribution in [2.24, 2.45) is 0 Å². The molecule has 1 fully saturated rings. The van der Waals surface area contributed by atoms with Gasteiger partial charge in [0.1, 0.15) is 0 Å². The molecule has 116 valence electrons. The maximum atomic E-state index is 2.65. The predicted molar refractivity (Wildman–Crippen MR) is 91.5 cm³/mol. The summed E-state index contributed by atoms with van der Waals surface area (Å²) in [5.74, 6) is 0.658. The molecule has 3 rings (SSSR count). The van der Waals surface area contributed by atoms with Gasteiger partial charge in [-0.2, -0.15) is 0 Å². The summed E-state index contributed by atoms with van der Waals surface area (Å²) in [6.07, 6.45) is 6.53. The van der Waals surface area contributed by atoms with Crippen LogP contribution in [0.5, 0.6) is 0 Å². The molecule has 1 aromatic rings. The Labute approximate surface area is 130 Å². The van der Waals surface area contributed by atoms with Gasteiger partial charge in [0.05, 0.1) is 0 Å². The average Bonchev–Trinajstić information content (AvgIpc) is 2.95. The highest BCUT2D eigenvalue weighted by Crippen LogP contribution is 2.37. The molecule has 2 nitrogen and oxygen atoms in total. The number of rotatable bonds is 3. The Hall–Kier alpha value is -1.02. The number of hydrogen-bond donors (Lipinski definition) is 0. The molecule has 1 heterocycles. The van der Waals surface area contributed by atoms with E-state index in [0.717, 1.165) is 6.04 Å². The largest absolute Gasteiger partial charge is 0.371 e. The van der Waals surface area contributed by atoms with Crippen LogP contribution in [0.25, 0.3) is 0 Å². The van der Waals surface area contributed by atoms with Gasteiger partial charge in [-0.1, -0.05) is 19.9 Å². The first-order valence-electron chi connectivity index (χ1n) is 8.64. The van der Waals surface area contributed by atoms with E-state index in [0.29, 0.717) is 5.92 Å². The summed E-state index contributed by atoms with van der Waals surface area (Å²) in [7, 11) is 4.44. The lowest BCUT2D eigenvalue weighted by Gasteiger charge is -2.37. The molecule has 2 aliphatic rings. The molecular weight excluding hydrogens is 256 g/mol. The van der Waals surface area contributed by atoms with Gasteiger partial charge in [-0.3, -0.25) is 0 Å². The van der Waals surface area contributed by atoms with Crippen molar-refractivity contribution in [3.8, 4) is 0 Å². The summed E-state index contributed by atoms with van der Waals surface area (Å²) in [4.78, 5) is 5.04. The molecule has 0 saturated carbocycles. The zero-order valence-electron chi connectivity index (χ0n) is 14.2. The number of piperidine rings is 1. The lowest BCUT2D eigenvalue weighted by Crippen LogP contribution is -2.42. The van der Waals surface area contributed by atoms with Crippen LogP contribution in [0.1, 0.15) is 55.7 Å². The van der Waals surface area contributed by atoms with E-state index in [9.17, 15) is 0 Å². The molecule has 21 heavy (non-hydrogen) atoms. The minimum atomic E-state index is 0.658. The second-order valence-corrected chi connectivity index (χ2v) is 7.32. The molecule has 0 radical (unpaired) electrons. The van der Waals surface area contributed by atoms with Gasteiger partial charge in [-0.05, 0) is 74.9 Å². The van der Waals surface area contributed by atoms with Crippen molar-refractivity contribution in [1.29, 1.82) is 0 Å². The number of hydrogen-bond acceptors (Lipinski definition) is 2. The van der Waals surface area contributed by atoms with E-state index in [-0.39, 0.29) is 0 Å². The fourth-order valence-corrected chi connectivity index (χ4v) is 4.18. The number of fused-ring (bicyclic) bond motifs is 1. The second-order valence-electron chi connectivity index (χ2n) is 7.32. The summed E-state index contributed by atoms with van der Waals surface area (Å²) in [6.45, 7) is 7.10. The van der Waals surface area contributed by atoms with E-state index < -0.39 is 0 Å². The van der Waals surface area contributed by atoms with Gasteiger partial charge >= 0.3 is 0 Å². The van der Waals surface area contributed by atoms with Crippen LogP contribution in [0.15, 0.2) is 12.1 Å². The first-order chi connectivity index (χ1) is 10.1. The first-order valence-corrected chi connectivity index (χ1v) is 8.64. The molecule has 0 amide bonds. The third-order valence-corrected chi connectivity index (χ3v) is 5.45. The summed E-state index contributed by atoms with van der Waals surface area (Å²) < 4.78 is 0. The van der Waals surface area contributed by atoms with Crippen LogP contribution in [-0.2, 0) is 12.8 Å². The Morgan fingerprint density at radius 1 is 1.05 bits per heavy atom. The molecule has 1 saturated heterocycles. The van der Waals surface area contributed by atoms with Crippen LogP contribution in [0.4, 0.5) is 5.69 Å². The summed E-state index contributed by atoms with van der Waals surface area (Å²) >= 11 is 0. The molecule has 0 spiro atoms. The topological polar surface area (TPSA) is 6.48 Å². The van der Waals surface area contributed by atoms with Crippen molar-refractivity contribution in [1.82, 2.24) is 4.90 Å². The van der Waals surface area contributed by atoms with Crippen molar-refractivity contribution in [3.05, 3.63) is 28.8 Å². The minimum Gasteiger partial charge on any atom is -0.371 e. The van der Waals surface area contributed by atoms with E-state index in [1.807, 2.05) is 0 Å². The molecule has 0 aromatic heterocycles. The van der Waals surface area contributed by atoms with Gasteiger partial charge in [0.2, 0.25) is 0 Å². The smallest absolute Gasteiger partial charge is 0.0401 e. The van der Waals surface area contributed by atoms with E-state index in [4.69, 9.17) is 0 Å². The summed E-state index contributed by atoms with van der Waals surface area (Å²) in [6, 6.07) is 5.58. The van der Waals surface area contributed by atoms with Crippen LogP contribution in [0.2, 0.25) is 0 Å². The van der Waals surface area contributed by atoms with Crippen LogP contribution in [0, 0.1) is 0 Å². The normalized spacial score (nSPS) is 19.6. The van der Waals surface area contributed by atoms with Gasteiger partial charge in [-0.15, -0.1) is 0 Å². The maximum Gasteiger partial charge on any atom is 0.0401 e. The fourth-order valence-electron chi connectivity index (χ4n) is 4.18. The third kappa shape index (κ3) is 2.83. The Morgan fingerprint density at radius 3 is 2.33 bits per heavy atom. The lowest BCUT2D eigenvalue weighted by molar-refractivity contribution is 0.249. The molecule has 1 aliphatic carbocycles. The highest BCUT2D eigenvalue weighted by molar-refractivity contribution is 5.61. The van der Waals surface area contributed by atoms with Gasteiger partial charge in [-0.25, -0.2) is 0 Å². The van der Waals surface area contributed by atoms with Crippen LogP contribution in [-0.4, -0.2) is 38.1 Å². The monoisotopic (exact) mass is 286 g/mol. The van der Waals surface area contributed by atoms with Crippen LogP contribution in [0.3, 0.4) is 0 Å². The van der Waals surface area contributed by atoms with E-state index in [1.165, 1.54) is 45.2 Å². The second kappa shape index (κ2) is 6.00. The van der Waals surface area contributed by atoms with Crippen molar-refractivity contribution < 1.29 is 0 Å². The quantitative estimate of drug-likeness (QED) is 0.833. The fraction of sp³-hybridized carbons (Fsp3) is 0.684. The average molecular weight is 286 g/mol. The van der Waals surface area contributed by atoms with Gasteiger partial charge in [0, 0.05) is 24.8 Å². The summed E-state index contributed by atoms with van der Waals surface area (Å²) in [5.41, 5.74) is 6.49. The van der Waals surface area contributed by atoms with Gasteiger partial charge in [0.25, 0.3) is 0 Å². The molecular formula is C19H30N2. The van der Waals surface area contributed by atoms with Crippen LogP contribution >= 0.6 is 0 Å². The summed E-state index contributed by atoms with van der Waals surface area (Å²) in [5, 5.41) is 0. The molecule has 2 heteroatoms. The maximum absolute atomic E-state index is 2.65. The van der Waals surface area contributed by atoms with E-state index in [2.05, 4.69) is 49.9 Å². The molecule has 0 atom stereocenters.